The minimum absolute atomic E-state index is 0.106. The van der Waals surface area contributed by atoms with Crippen molar-refractivity contribution in [1.29, 1.82) is 5.26 Å². The molecule has 9 heteroatoms. The molecule has 1 unspecified atom stereocenters. The Labute approximate surface area is 206 Å². The lowest BCUT2D eigenvalue weighted by Crippen LogP contribution is -2.48. The highest BCUT2D eigenvalue weighted by atomic mass is 19.1. The quantitative estimate of drug-likeness (QED) is 0.622. The highest BCUT2D eigenvalue weighted by molar-refractivity contribution is 5.93. The van der Waals surface area contributed by atoms with E-state index in [4.69, 9.17) is 9.47 Å². The summed E-state index contributed by atoms with van der Waals surface area (Å²) in [7, 11) is 1.46. The Bertz CT molecular complexity index is 1100. The predicted molar refractivity (Wildman–Crippen MR) is 131 cm³/mol. The summed E-state index contributed by atoms with van der Waals surface area (Å²) < 4.78 is 26.8. The van der Waals surface area contributed by atoms with Crippen LogP contribution in [0.5, 0.6) is 5.75 Å². The second kappa shape index (κ2) is 11.2. The number of amides is 1. The van der Waals surface area contributed by atoms with E-state index in [1.54, 1.807) is 6.07 Å². The minimum Gasteiger partial charge on any atom is -0.494 e. The smallest absolute Gasteiger partial charge is 0.239 e. The molecule has 2 aliphatic rings. The van der Waals surface area contributed by atoms with Crippen molar-refractivity contribution in [1.82, 2.24) is 14.4 Å². The number of hydrogen-bond acceptors (Lipinski definition) is 6. The molecule has 0 radical (unpaired) electrons. The molecule has 0 saturated carbocycles. The van der Waals surface area contributed by atoms with Crippen LogP contribution in [0.1, 0.15) is 35.2 Å². The zero-order valence-corrected chi connectivity index (χ0v) is 20.8. The molecule has 0 aliphatic carbocycles. The van der Waals surface area contributed by atoms with E-state index < -0.39 is 0 Å². The van der Waals surface area contributed by atoms with Crippen molar-refractivity contribution in [2.75, 3.05) is 51.8 Å². The average molecular weight is 484 g/mol. The maximum absolute atomic E-state index is 14.0. The van der Waals surface area contributed by atoms with Crippen LogP contribution in [-0.2, 0) is 22.6 Å². The number of halogens is 1. The Morgan fingerprint density at radius 3 is 2.63 bits per heavy atom. The highest BCUT2D eigenvalue weighted by Gasteiger charge is 2.25. The van der Waals surface area contributed by atoms with Gasteiger partial charge in [-0.3, -0.25) is 14.6 Å². The Morgan fingerprint density at radius 1 is 1.26 bits per heavy atom. The fraction of sp³-hybridized carbons (Fsp3) is 0.538. The van der Waals surface area contributed by atoms with Gasteiger partial charge in [0.25, 0.3) is 0 Å². The summed E-state index contributed by atoms with van der Waals surface area (Å²) in [4.78, 5) is 17.3. The summed E-state index contributed by atoms with van der Waals surface area (Å²) in [6.07, 6.45) is 2.13. The lowest BCUT2D eigenvalue weighted by atomic mass is 10.1. The normalized spacial score (nSPS) is 19.0. The molecular weight excluding hydrogens is 449 g/mol. The molecule has 0 spiro atoms. The van der Waals surface area contributed by atoms with Crippen molar-refractivity contribution in [2.45, 2.75) is 45.9 Å². The lowest BCUT2D eigenvalue weighted by molar-refractivity contribution is -0.117. The number of aromatic nitrogens is 1. The molecule has 4 rings (SSSR count). The van der Waals surface area contributed by atoms with Crippen molar-refractivity contribution in [3.05, 3.63) is 46.4 Å². The maximum atomic E-state index is 14.0. The van der Waals surface area contributed by atoms with Crippen molar-refractivity contribution in [2.24, 2.45) is 0 Å². The number of piperazine rings is 1. The van der Waals surface area contributed by atoms with Gasteiger partial charge < -0.3 is 19.4 Å². The Hall–Kier alpha value is -2.93. The molecule has 188 valence electrons. The Balaban J connectivity index is 1.33. The monoisotopic (exact) mass is 483 g/mol. The Kier molecular flexibility index (Phi) is 8.06. The fourth-order valence-electron chi connectivity index (χ4n) is 4.90. The number of carbonyl (C=O) groups is 1. The van der Waals surface area contributed by atoms with Crippen LogP contribution in [0.4, 0.5) is 10.2 Å². The van der Waals surface area contributed by atoms with Gasteiger partial charge in [-0.2, -0.15) is 5.26 Å². The van der Waals surface area contributed by atoms with Crippen molar-refractivity contribution < 1.29 is 18.7 Å². The van der Waals surface area contributed by atoms with Gasteiger partial charge in [-0.1, -0.05) is 6.07 Å². The number of anilines is 1. The van der Waals surface area contributed by atoms with Gasteiger partial charge in [0.1, 0.15) is 11.9 Å². The number of ether oxygens (including phenoxy) is 2. The molecule has 1 atom stereocenters. The summed E-state index contributed by atoms with van der Waals surface area (Å²) in [5.74, 6) is 0.338. The molecule has 35 heavy (non-hydrogen) atoms. The third-order valence-corrected chi connectivity index (χ3v) is 7.06. The van der Waals surface area contributed by atoms with Gasteiger partial charge in [0, 0.05) is 45.0 Å². The zero-order valence-electron chi connectivity index (χ0n) is 20.8. The van der Waals surface area contributed by atoms with Crippen LogP contribution in [0.3, 0.4) is 0 Å². The molecule has 2 fully saturated rings. The van der Waals surface area contributed by atoms with Gasteiger partial charge in [0.15, 0.2) is 11.6 Å². The van der Waals surface area contributed by atoms with Crippen LogP contribution in [0.15, 0.2) is 18.2 Å². The molecule has 1 aromatic heterocycles. The first-order chi connectivity index (χ1) is 16.9. The summed E-state index contributed by atoms with van der Waals surface area (Å²) in [5, 5.41) is 12.8. The maximum Gasteiger partial charge on any atom is 0.239 e. The largest absolute Gasteiger partial charge is 0.494 e. The van der Waals surface area contributed by atoms with Gasteiger partial charge in [0.2, 0.25) is 5.91 Å². The lowest BCUT2D eigenvalue weighted by Gasteiger charge is -2.34. The molecule has 0 bridgehead atoms. The van der Waals surface area contributed by atoms with E-state index >= 15 is 0 Å². The van der Waals surface area contributed by atoms with Crippen molar-refractivity contribution in [3.8, 4) is 11.8 Å². The second-order valence-corrected chi connectivity index (χ2v) is 9.36. The number of nitrogens with zero attached hydrogens (tertiary/aromatic N) is 4. The number of hydrogen-bond donors (Lipinski definition) is 1. The van der Waals surface area contributed by atoms with Gasteiger partial charge >= 0.3 is 0 Å². The van der Waals surface area contributed by atoms with E-state index in [-0.39, 0.29) is 30.1 Å². The topological polar surface area (TPSA) is 82.8 Å². The van der Waals surface area contributed by atoms with E-state index in [9.17, 15) is 14.4 Å². The first kappa shape index (κ1) is 25.2. The number of benzene rings is 1. The number of nitrogens with one attached hydrogen (secondary N) is 1. The van der Waals surface area contributed by atoms with E-state index in [2.05, 4.69) is 21.2 Å². The van der Waals surface area contributed by atoms with Crippen LogP contribution >= 0.6 is 0 Å². The molecule has 1 N–H and O–H groups in total. The average Bonchev–Trinajstić information content (AvgIpc) is 3.43. The van der Waals surface area contributed by atoms with Crippen molar-refractivity contribution in [3.63, 3.8) is 0 Å². The summed E-state index contributed by atoms with van der Waals surface area (Å²) >= 11 is 0. The van der Waals surface area contributed by atoms with E-state index in [0.717, 1.165) is 62.4 Å². The molecule has 3 heterocycles. The first-order valence-corrected chi connectivity index (χ1v) is 12.2. The third-order valence-electron chi connectivity index (χ3n) is 7.06. The molecule has 2 aromatic rings. The highest BCUT2D eigenvalue weighted by Crippen LogP contribution is 2.28. The summed E-state index contributed by atoms with van der Waals surface area (Å²) in [6, 6.07) is 7.31. The summed E-state index contributed by atoms with van der Waals surface area (Å²) in [6.45, 7) is 9.28. The van der Waals surface area contributed by atoms with Crippen LogP contribution in [0.25, 0.3) is 0 Å². The van der Waals surface area contributed by atoms with Gasteiger partial charge in [-0.15, -0.1) is 0 Å². The van der Waals surface area contributed by atoms with Gasteiger partial charge in [-0.25, -0.2) is 4.39 Å². The van der Waals surface area contributed by atoms with Crippen LogP contribution in [0.2, 0.25) is 0 Å². The second-order valence-electron chi connectivity index (χ2n) is 9.36. The number of rotatable bonds is 8. The number of methoxy groups -OCH3 is 1. The van der Waals surface area contributed by atoms with Gasteiger partial charge in [0.05, 0.1) is 31.9 Å². The summed E-state index contributed by atoms with van der Waals surface area (Å²) in [5.41, 5.74) is 3.29. The first-order valence-electron chi connectivity index (χ1n) is 12.2. The van der Waals surface area contributed by atoms with Gasteiger partial charge in [-0.05, 0) is 49.9 Å². The van der Waals surface area contributed by atoms with Crippen LogP contribution in [0, 0.1) is 31.0 Å². The van der Waals surface area contributed by atoms with Crippen molar-refractivity contribution >= 4 is 11.7 Å². The SMILES string of the molecule is COc1ccc(CN2CCN(CC(=O)Nc3c(C#N)c(C)c(C)n3CC3CCCO3)CC2)cc1F. The number of carbonyl (C=O) groups excluding carboxylic acids is 1. The molecule has 2 saturated heterocycles. The van der Waals surface area contributed by atoms with Crippen LogP contribution < -0.4 is 10.1 Å². The van der Waals surface area contributed by atoms with E-state index in [1.165, 1.54) is 13.2 Å². The fourth-order valence-corrected chi connectivity index (χ4v) is 4.90. The minimum atomic E-state index is -0.355. The third kappa shape index (κ3) is 5.84. The zero-order chi connectivity index (χ0) is 24.9. The number of nitriles is 1. The molecule has 1 amide bonds. The Morgan fingerprint density at radius 2 is 2.00 bits per heavy atom. The van der Waals surface area contributed by atoms with Crippen LogP contribution in [-0.4, -0.2) is 72.8 Å². The predicted octanol–water partition coefficient (Wildman–Crippen LogP) is 3.06. The van der Waals surface area contributed by atoms with E-state index in [1.807, 2.05) is 24.5 Å². The van der Waals surface area contributed by atoms with E-state index in [0.29, 0.717) is 24.5 Å². The standard InChI is InChI=1S/C26H34FN5O3/c1-18-19(2)32(16-21-5-4-12-35-21)26(22(18)14-28)29-25(33)17-31-10-8-30(9-11-31)15-20-6-7-24(34-3)23(27)13-20/h6-7,13,21H,4-5,8-12,15-17H2,1-3H3,(H,29,33). The molecular formula is C26H34FN5O3. The molecule has 8 nitrogen and oxygen atoms in total. The molecule has 1 aromatic carbocycles. The molecule has 2 aliphatic heterocycles.